The van der Waals surface area contributed by atoms with Crippen molar-refractivity contribution in [2.45, 2.75) is 89.8 Å². The van der Waals surface area contributed by atoms with Crippen LogP contribution in [0.5, 0.6) is 0 Å². The molecule has 0 bridgehead atoms. The zero-order valence-corrected chi connectivity index (χ0v) is 13.3. The molecule has 1 N–H and O–H groups in total. The molecule has 0 radical (unpaired) electrons. The minimum atomic E-state index is -0.740. The molecule has 1 aliphatic heterocycles. The molecule has 0 atom stereocenters. The molecule has 0 unspecified atom stereocenters. The van der Waals surface area contributed by atoms with Gasteiger partial charge in [-0.2, -0.15) is 0 Å². The number of amides is 2. The summed E-state index contributed by atoms with van der Waals surface area (Å²) < 4.78 is 0. The van der Waals surface area contributed by atoms with Crippen molar-refractivity contribution in [2.24, 2.45) is 0 Å². The molecule has 1 aliphatic carbocycles. The second kappa shape index (κ2) is 5.38. The summed E-state index contributed by atoms with van der Waals surface area (Å²) in [5, 5.41) is 3.07. The van der Waals surface area contributed by atoms with E-state index in [9.17, 15) is 9.59 Å². The highest BCUT2D eigenvalue weighted by atomic mass is 16.2. The monoisotopic (exact) mass is 280 g/mol. The first-order valence-corrected chi connectivity index (χ1v) is 8.05. The van der Waals surface area contributed by atoms with E-state index in [0.717, 1.165) is 38.5 Å². The van der Waals surface area contributed by atoms with Crippen molar-refractivity contribution >= 4 is 11.8 Å². The van der Waals surface area contributed by atoms with Crippen LogP contribution in [-0.2, 0) is 9.59 Å². The number of carbonyl (C=O) groups excluding carboxylic acids is 2. The second-order valence-corrected chi connectivity index (χ2v) is 6.80. The highest BCUT2D eigenvalue weighted by Gasteiger charge is 2.55. The van der Waals surface area contributed by atoms with Crippen LogP contribution >= 0.6 is 0 Å². The standard InChI is InChI=1S/C16H28N2O2/c1-5-12(6-2)18-14(20)16(10-8-7-9-11-16)17-13(19)15(18,3)4/h12H,5-11H2,1-4H3,(H,17,19). The molecule has 20 heavy (non-hydrogen) atoms. The van der Waals surface area contributed by atoms with Crippen LogP contribution < -0.4 is 5.32 Å². The van der Waals surface area contributed by atoms with Crippen LogP contribution in [0.1, 0.15) is 72.6 Å². The number of hydrogen-bond donors (Lipinski definition) is 1. The van der Waals surface area contributed by atoms with Gasteiger partial charge >= 0.3 is 0 Å². The SMILES string of the molecule is CCC(CC)N1C(=O)C2(CCCCC2)NC(=O)C1(C)C. The molecular weight excluding hydrogens is 252 g/mol. The molecule has 2 aliphatic rings. The van der Waals surface area contributed by atoms with Gasteiger partial charge in [0.25, 0.3) is 0 Å². The Labute approximate surface area is 122 Å². The van der Waals surface area contributed by atoms with Gasteiger partial charge in [0.1, 0.15) is 11.1 Å². The molecule has 1 saturated heterocycles. The number of rotatable bonds is 3. The van der Waals surface area contributed by atoms with E-state index in [-0.39, 0.29) is 17.9 Å². The first kappa shape index (κ1) is 15.3. The number of piperazine rings is 1. The largest absolute Gasteiger partial charge is 0.340 e. The molecule has 114 valence electrons. The maximum atomic E-state index is 13.1. The summed E-state index contributed by atoms with van der Waals surface area (Å²) in [6.45, 7) is 7.93. The van der Waals surface area contributed by atoms with Crippen LogP contribution in [0.4, 0.5) is 0 Å². The third-order valence-corrected chi connectivity index (χ3v) is 5.15. The first-order valence-electron chi connectivity index (χ1n) is 8.05. The van der Waals surface area contributed by atoms with Gasteiger partial charge in [0.15, 0.2) is 0 Å². The Morgan fingerprint density at radius 1 is 1.10 bits per heavy atom. The Morgan fingerprint density at radius 2 is 1.65 bits per heavy atom. The fraction of sp³-hybridized carbons (Fsp3) is 0.875. The fourth-order valence-electron chi connectivity index (χ4n) is 3.79. The summed E-state index contributed by atoms with van der Waals surface area (Å²) in [4.78, 5) is 27.6. The highest BCUT2D eigenvalue weighted by molar-refractivity contribution is 6.02. The quantitative estimate of drug-likeness (QED) is 0.864. The molecule has 1 heterocycles. The number of nitrogens with one attached hydrogen (secondary N) is 1. The maximum absolute atomic E-state index is 13.1. The van der Waals surface area contributed by atoms with Crippen molar-refractivity contribution in [2.75, 3.05) is 0 Å². The van der Waals surface area contributed by atoms with E-state index in [1.807, 2.05) is 18.7 Å². The number of hydrogen-bond acceptors (Lipinski definition) is 2. The summed E-state index contributed by atoms with van der Waals surface area (Å²) in [6.07, 6.45) is 6.62. The summed E-state index contributed by atoms with van der Waals surface area (Å²) >= 11 is 0. The average molecular weight is 280 g/mol. The van der Waals surface area contributed by atoms with Crippen LogP contribution in [0.25, 0.3) is 0 Å². The van der Waals surface area contributed by atoms with Crippen LogP contribution in [0.15, 0.2) is 0 Å². The van der Waals surface area contributed by atoms with Gasteiger partial charge < -0.3 is 10.2 Å². The first-order chi connectivity index (χ1) is 9.39. The Bertz CT molecular complexity index is 393. The fourth-order valence-corrected chi connectivity index (χ4v) is 3.79. The molecule has 1 saturated carbocycles. The summed E-state index contributed by atoms with van der Waals surface area (Å²) in [7, 11) is 0. The summed E-state index contributed by atoms with van der Waals surface area (Å²) in [6, 6.07) is 0.155. The lowest BCUT2D eigenvalue weighted by Crippen LogP contribution is -2.76. The Morgan fingerprint density at radius 3 is 2.15 bits per heavy atom. The van der Waals surface area contributed by atoms with Crippen LogP contribution in [0, 0.1) is 0 Å². The van der Waals surface area contributed by atoms with E-state index in [1.54, 1.807) is 0 Å². The lowest BCUT2D eigenvalue weighted by atomic mass is 9.76. The second-order valence-electron chi connectivity index (χ2n) is 6.80. The molecule has 4 heteroatoms. The Balaban J connectivity index is 2.39. The van der Waals surface area contributed by atoms with E-state index in [4.69, 9.17) is 0 Å². The van der Waals surface area contributed by atoms with E-state index >= 15 is 0 Å². The number of carbonyl (C=O) groups is 2. The van der Waals surface area contributed by atoms with E-state index in [0.29, 0.717) is 0 Å². The molecule has 0 aromatic rings. The van der Waals surface area contributed by atoms with Gasteiger partial charge in [0, 0.05) is 6.04 Å². The maximum Gasteiger partial charge on any atom is 0.249 e. The molecule has 0 aromatic carbocycles. The molecule has 2 fully saturated rings. The van der Waals surface area contributed by atoms with Gasteiger partial charge in [0.2, 0.25) is 11.8 Å². The van der Waals surface area contributed by atoms with Gasteiger partial charge in [-0.25, -0.2) is 0 Å². The molecular formula is C16H28N2O2. The van der Waals surface area contributed by atoms with Crippen molar-refractivity contribution < 1.29 is 9.59 Å². The number of nitrogens with zero attached hydrogens (tertiary/aromatic N) is 1. The minimum Gasteiger partial charge on any atom is -0.340 e. The van der Waals surface area contributed by atoms with Gasteiger partial charge in [-0.05, 0) is 39.5 Å². The van der Waals surface area contributed by atoms with Gasteiger partial charge in [-0.3, -0.25) is 9.59 Å². The lowest BCUT2D eigenvalue weighted by Gasteiger charge is -2.53. The van der Waals surface area contributed by atoms with Gasteiger partial charge in [-0.15, -0.1) is 0 Å². The van der Waals surface area contributed by atoms with Crippen LogP contribution in [0.3, 0.4) is 0 Å². The molecule has 2 rings (SSSR count). The average Bonchev–Trinajstić information content (AvgIpc) is 2.43. The topological polar surface area (TPSA) is 49.4 Å². The van der Waals surface area contributed by atoms with E-state index < -0.39 is 11.1 Å². The van der Waals surface area contributed by atoms with Crippen molar-refractivity contribution in [3.63, 3.8) is 0 Å². The van der Waals surface area contributed by atoms with Crippen molar-refractivity contribution in [3.8, 4) is 0 Å². The molecule has 0 aromatic heterocycles. The molecule has 4 nitrogen and oxygen atoms in total. The Hall–Kier alpha value is -1.06. The smallest absolute Gasteiger partial charge is 0.249 e. The Kier molecular flexibility index (Phi) is 4.12. The predicted molar refractivity (Wildman–Crippen MR) is 79.3 cm³/mol. The van der Waals surface area contributed by atoms with Crippen molar-refractivity contribution in [1.29, 1.82) is 0 Å². The summed E-state index contributed by atoms with van der Waals surface area (Å²) in [5.41, 5.74) is -1.36. The predicted octanol–water partition coefficient (Wildman–Crippen LogP) is 2.61. The zero-order chi connectivity index (χ0) is 15.0. The van der Waals surface area contributed by atoms with Gasteiger partial charge in [-0.1, -0.05) is 33.1 Å². The van der Waals surface area contributed by atoms with Crippen molar-refractivity contribution in [3.05, 3.63) is 0 Å². The van der Waals surface area contributed by atoms with Crippen LogP contribution in [-0.4, -0.2) is 33.8 Å². The van der Waals surface area contributed by atoms with Gasteiger partial charge in [0.05, 0.1) is 0 Å². The lowest BCUT2D eigenvalue weighted by molar-refractivity contribution is -0.166. The highest BCUT2D eigenvalue weighted by Crippen LogP contribution is 2.38. The summed E-state index contributed by atoms with van der Waals surface area (Å²) in [5.74, 6) is 0.154. The minimum absolute atomic E-state index is 0.00546. The van der Waals surface area contributed by atoms with Crippen LogP contribution in [0.2, 0.25) is 0 Å². The van der Waals surface area contributed by atoms with E-state index in [1.165, 1.54) is 6.42 Å². The third-order valence-electron chi connectivity index (χ3n) is 5.15. The third kappa shape index (κ3) is 2.23. The van der Waals surface area contributed by atoms with Crippen molar-refractivity contribution in [1.82, 2.24) is 10.2 Å². The normalized spacial score (nSPS) is 25.1. The molecule has 1 spiro atoms. The van der Waals surface area contributed by atoms with E-state index in [2.05, 4.69) is 19.2 Å². The zero-order valence-electron chi connectivity index (χ0n) is 13.3. The molecule has 2 amide bonds.